The zero-order valence-corrected chi connectivity index (χ0v) is 13.0. The fraction of sp³-hybridized carbons (Fsp3) is 0.467. The normalized spacial score (nSPS) is 13.5. The first-order chi connectivity index (χ1) is 10.9. The third kappa shape index (κ3) is 4.18. The van der Waals surface area contributed by atoms with E-state index in [9.17, 15) is 14.7 Å². The van der Waals surface area contributed by atoms with Gasteiger partial charge < -0.3 is 19.4 Å². The maximum absolute atomic E-state index is 12.0. The standard InChI is InChI=1S/C15H19N3O5/c1-3-7-15(2,14(20)21)17-11(19)4-5-12-16-13(18-23-12)10-6-8-22-9-10/h6,8-9H,3-5,7H2,1-2H3,(H,17,19)(H,20,21). The summed E-state index contributed by atoms with van der Waals surface area (Å²) in [6.45, 7) is 3.36. The zero-order valence-electron chi connectivity index (χ0n) is 13.0. The van der Waals surface area contributed by atoms with Gasteiger partial charge in [0.1, 0.15) is 11.8 Å². The van der Waals surface area contributed by atoms with Crippen LogP contribution in [0.3, 0.4) is 0 Å². The fourth-order valence-corrected chi connectivity index (χ4v) is 2.18. The highest BCUT2D eigenvalue weighted by Crippen LogP contribution is 2.17. The summed E-state index contributed by atoms with van der Waals surface area (Å²) in [6.07, 6.45) is 4.31. The minimum absolute atomic E-state index is 0.0691. The number of furan rings is 1. The van der Waals surface area contributed by atoms with Crippen molar-refractivity contribution >= 4 is 11.9 Å². The van der Waals surface area contributed by atoms with Crippen molar-refractivity contribution in [2.75, 3.05) is 0 Å². The van der Waals surface area contributed by atoms with Crippen molar-refractivity contribution < 1.29 is 23.6 Å². The van der Waals surface area contributed by atoms with Gasteiger partial charge in [0.15, 0.2) is 0 Å². The molecule has 8 heteroatoms. The SMILES string of the molecule is CCCC(C)(NC(=O)CCc1nc(-c2ccoc2)no1)C(=O)O. The molecule has 1 unspecified atom stereocenters. The molecule has 0 aliphatic rings. The van der Waals surface area contributed by atoms with Crippen molar-refractivity contribution in [1.29, 1.82) is 0 Å². The van der Waals surface area contributed by atoms with Gasteiger partial charge in [-0.2, -0.15) is 4.98 Å². The summed E-state index contributed by atoms with van der Waals surface area (Å²) < 4.78 is 10.0. The van der Waals surface area contributed by atoms with E-state index in [1.54, 1.807) is 6.07 Å². The van der Waals surface area contributed by atoms with E-state index in [1.165, 1.54) is 19.5 Å². The predicted octanol–water partition coefficient (Wildman–Crippen LogP) is 2.02. The molecule has 0 radical (unpaired) electrons. The van der Waals surface area contributed by atoms with E-state index < -0.39 is 11.5 Å². The van der Waals surface area contributed by atoms with Crippen molar-refractivity contribution in [3.63, 3.8) is 0 Å². The molecule has 2 aromatic rings. The summed E-state index contributed by atoms with van der Waals surface area (Å²) in [5.74, 6) is -0.724. The first-order valence-electron chi connectivity index (χ1n) is 7.34. The Balaban J connectivity index is 1.90. The Kier molecular flexibility index (Phi) is 5.15. The van der Waals surface area contributed by atoms with Crippen LogP contribution in [0, 0.1) is 0 Å². The molecular formula is C15H19N3O5. The van der Waals surface area contributed by atoms with E-state index in [0.29, 0.717) is 30.1 Å². The number of hydrogen-bond acceptors (Lipinski definition) is 6. The molecule has 0 bridgehead atoms. The van der Waals surface area contributed by atoms with E-state index >= 15 is 0 Å². The molecule has 2 N–H and O–H groups in total. The van der Waals surface area contributed by atoms with Gasteiger partial charge in [0.05, 0.1) is 11.8 Å². The van der Waals surface area contributed by atoms with E-state index in [-0.39, 0.29) is 18.7 Å². The topological polar surface area (TPSA) is 118 Å². The monoisotopic (exact) mass is 321 g/mol. The van der Waals surface area contributed by atoms with Gasteiger partial charge in [-0.15, -0.1) is 0 Å². The molecule has 124 valence electrons. The van der Waals surface area contributed by atoms with Crippen LogP contribution < -0.4 is 5.32 Å². The van der Waals surface area contributed by atoms with E-state index in [4.69, 9.17) is 8.94 Å². The van der Waals surface area contributed by atoms with E-state index in [2.05, 4.69) is 15.5 Å². The maximum Gasteiger partial charge on any atom is 0.329 e. The number of carboxylic acid groups (broad SMARTS) is 1. The molecule has 0 saturated carbocycles. The van der Waals surface area contributed by atoms with Gasteiger partial charge in [-0.25, -0.2) is 4.79 Å². The zero-order chi connectivity index (χ0) is 16.9. The Morgan fingerprint density at radius 3 is 2.83 bits per heavy atom. The summed E-state index contributed by atoms with van der Waals surface area (Å²) in [7, 11) is 0. The van der Waals surface area contributed by atoms with Gasteiger partial charge in [0.25, 0.3) is 0 Å². The number of nitrogens with zero attached hydrogens (tertiary/aromatic N) is 2. The second kappa shape index (κ2) is 7.08. The molecular weight excluding hydrogens is 302 g/mol. The highest BCUT2D eigenvalue weighted by molar-refractivity contribution is 5.86. The summed E-state index contributed by atoms with van der Waals surface area (Å²) >= 11 is 0. The van der Waals surface area contributed by atoms with Crippen LogP contribution in [0.25, 0.3) is 11.4 Å². The molecule has 1 amide bonds. The highest BCUT2D eigenvalue weighted by Gasteiger charge is 2.33. The Bertz CT molecular complexity index is 664. The minimum atomic E-state index is -1.26. The number of amides is 1. The number of aryl methyl sites for hydroxylation is 1. The minimum Gasteiger partial charge on any atom is -0.480 e. The summed E-state index contributed by atoms with van der Waals surface area (Å²) in [6, 6.07) is 1.70. The van der Waals surface area contributed by atoms with E-state index in [0.717, 1.165) is 0 Å². The third-order valence-corrected chi connectivity index (χ3v) is 3.45. The lowest BCUT2D eigenvalue weighted by Gasteiger charge is -2.25. The first-order valence-corrected chi connectivity index (χ1v) is 7.34. The smallest absolute Gasteiger partial charge is 0.329 e. The van der Waals surface area contributed by atoms with Crippen molar-refractivity contribution in [2.45, 2.75) is 45.1 Å². The van der Waals surface area contributed by atoms with Crippen molar-refractivity contribution in [1.82, 2.24) is 15.5 Å². The molecule has 23 heavy (non-hydrogen) atoms. The quantitative estimate of drug-likeness (QED) is 0.763. The number of aromatic nitrogens is 2. The second-order valence-corrected chi connectivity index (χ2v) is 5.46. The van der Waals surface area contributed by atoms with Crippen LogP contribution in [-0.2, 0) is 16.0 Å². The Hall–Kier alpha value is -2.64. The molecule has 2 aromatic heterocycles. The average Bonchev–Trinajstić information content (AvgIpc) is 3.16. The lowest BCUT2D eigenvalue weighted by Crippen LogP contribution is -2.52. The number of hydrogen-bond donors (Lipinski definition) is 2. The molecule has 8 nitrogen and oxygen atoms in total. The van der Waals surface area contributed by atoms with Gasteiger partial charge >= 0.3 is 5.97 Å². The van der Waals surface area contributed by atoms with Crippen molar-refractivity contribution in [2.24, 2.45) is 0 Å². The van der Waals surface area contributed by atoms with Gasteiger partial charge in [-0.1, -0.05) is 18.5 Å². The molecule has 0 aliphatic carbocycles. The largest absolute Gasteiger partial charge is 0.480 e. The maximum atomic E-state index is 12.0. The number of nitrogens with one attached hydrogen (secondary N) is 1. The van der Waals surface area contributed by atoms with Crippen LogP contribution in [0.1, 0.15) is 39.0 Å². The van der Waals surface area contributed by atoms with Crippen LogP contribution in [0.4, 0.5) is 0 Å². The van der Waals surface area contributed by atoms with Crippen molar-refractivity contribution in [3.8, 4) is 11.4 Å². The Morgan fingerprint density at radius 2 is 2.22 bits per heavy atom. The molecule has 1 atom stereocenters. The predicted molar refractivity (Wildman–Crippen MR) is 79.4 cm³/mol. The third-order valence-electron chi connectivity index (χ3n) is 3.45. The Labute approximate surface area is 132 Å². The summed E-state index contributed by atoms with van der Waals surface area (Å²) in [5, 5.41) is 15.6. The van der Waals surface area contributed by atoms with Crippen LogP contribution in [-0.4, -0.2) is 32.7 Å². The van der Waals surface area contributed by atoms with Crippen LogP contribution >= 0.6 is 0 Å². The van der Waals surface area contributed by atoms with Crippen LogP contribution in [0.5, 0.6) is 0 Å². The van der Waals surface area contributed by atoms with Gasteiger partial charge in [0.2, 0.25) is 17.6 Å². The van der Waals surface area contributed by atoms with E-state index in [1.807, 2.05) is 6.92 Å². The highest BCUT2D eigenvalue weighted by atomic mass is 16.5. The number of aliphatic carboxylic acids is 1. The van der Waals surface area contributed by atoms with Crippen LogP contribution in [0.15, 0.2) is 27.5 Å². The molecule has 0 saturated heterocycles. The second-order valence-electron chi connectivity index (χ2n) is 5.46. The lowest BCUT2D eigenvalue weighted by atomic mass is 9.96. The molecule has 2 heterocycles. The molecule has 2 rings (SSSR count). The Morgan fingerprint density at radius 1 is 1.43 bits per heavy atom. The fourth-order valence-electron chi connectivity index (χ4n) is 2.18. The van der Waals surface area contributed by atoms with Crippen molar-refractivity contribution in [3.05, 3.63) is 24.5 Å². The van der Waals surface area contributed by atoms with Gasteiger partial charge in [-0.05, 0) is 19.4 Å². The molecule has 0 aliphatic heterocycles. The van der Waals surface area contributed by atoms with Gasteiger partial charge in [0, 0.05) is 12.8 Å². The lowest BCUT2D eigenvalue weighted by molar-refractivity contribution is -0.147. The number of carbonyl (C=O) groups is 2. The summed E-state index contributed by atoms with van der Waals surface area (Å²) in [4.78, 5) is 27.4. The number of carbonyl (C=O) groups excluding carboxylic acids is 1. The molecule has 0 fully saturated rings. The summed E-state index contributed by atoms with van der Waals surface area (Å²) in [5.41, 5.74) is -0.575. The van der Waals surface area contributed by atoms with Crippen LogP contribution in [0.2, 0.25) is 0 Å². The van der Waals surface area contributed by atoms with Gasteiger partial charge in [-0.3, -0.25) is 4.79 Å². The average molecular weight is 321 g/mol. The molecule has 0 spiro atoms. The number of carboxylic acids is 1. The molecule has 0 aromatic carbocycles. The number of rotatable bonds is 8. The first kappa shape index (κ1) is 16.7.